The van der Waals surface area contributed by atoms with E-state index in [9.17, 15) is 4.79 Å². The maximum absolute atomic E-state index is 13.0. The number of nitrogens with zero attached hydrogens (tertiary/aromatic N) is 3. The number of hydrogen-bond donors (Lipinski definition) is 1. The van der Waals surface area contributed by atoms with E-state index in [-0.39, 0.29) is 16.9 Å². The molecule has 2 aromatic rings. The number of benzene rings is 1. The highest BCUT2D eigenvalue weighted by Gasteiger charge is 2.29. The summed E-state index contributed by atoms with van der Waals surface area (Å²) in [5.74, 6) is 3.96. The highest BCUT2D eigenvalue weighted by atomic mass is 35.5. The van der Waals surface area contributed by atoms with Crippen LogP contribution in [-0.2, 0) is 11.2 Å². The molecular formula is C22H22Cl2N4O2Si. The molecule has 2 heterocycles. The van der Waals surface area contributed by atoms with Crippen LogP contribution in [0.2, 0.25) is 24.7 Å². The van der Waals surface area contributed by atoms with Gasteiger partial charge in [-0.25, -0.2) is 15.0 Å². The normalized spacial score (nSPS) is 17.5. The molecule has 0 saturated carbocycles. The van der Waals surface area contributed by atoms with Gasteiger partial charge in [0.1, 0.15) is 19.9 Å². The summed E-state index contributed by atoms with van der Waals surface area (Å²) in [6.45, 7) is 6.40. The average molecular weight is 473 g/mol. The standard InChI is InChI=1S/C22H22Cl2N4O2Si/c1-30-17-7-5-14(6-8-17)11-18-19(29)21(28-22(24)26-18)27-20-15(9-10-31(2,3)4)12-16(23)13-25-20/h5-8,12-13,18H,11H2,1-4H3,(H,25,26,27,28). The molecule has 0 aliphatic carbocycles. The van der Waals surface area contributed by atoms with E-state index >= 15 is 0 Å². The van der Waals surface area contributed by atoms with Gasteiger partial charge in [0.05, 0.1) is 17.7 Å². The van der Waals surface area contributed by atoms with E-state index in [4.69, 9.17) is 27.9 Å². The van der Waals surface area contributed by atoms with E-state index in [1.165, 1.54) is 6.20 Å². The summed E-state index contributed by atoms with van der Waals surface area (Å²) in [6.07, 6.45) is 1.86. The molecule has 0 amide bonds. The number of pyridine rings is 1. The molecule has 1 aromatic heterocycles. The van der Waals surface area contributed by atoms with Crippen molar-refractivity contribution in [3.05, 3.63) is 52.7 Å². The number of nitrogens with one attached hydrogen (secondary N) is 1. The molecule has 1 N–H and O–H groups in total. The summed E-state index contributed by atoms with van der Waals surface area (Å²) in [4.78, 5) is 26.0. The Hall–Kier alpha value is -2.66. The molecule has 1 aliphatic heterocycles. The van der Waals surface area contributed by atoms with E-state index in [0.29, 0.717) is 22.8 Å². The molecule has 1 aliphatic rings. The number of Topliss-reactive ketones (excluding diaryl/α,β-unsaturated/α-hetero) is 1. The third-order valence-corrected chi connectivity index (χ3v) is 5.51. The quantitative estimate of drug-likeness (QED) is 0.406. The lowest BCUT2D eigenvalue weighted by atomic mass is 10.0. The Bertz CT molecular complexity index is 1110. The number of aliphatic imine (C=N–C) groups is 2. The monoisotopic (exact) mass is 472 g/mol. The van der Waals surface area contributed by atoms with E-state index in [2.05, 4.69) is 51.4 Å². The zero-order chi connectivity index (χ0) is 22.6. The van der Waals surface area contributed by atoms with E-state index < -0.39 is 14.1 Å². The second kappa shape index (κ2) is 9.65. The molecule has 0 radical (unpaired) electrons. The second-order valence-electron chi connectivity index (χ2n) is 7.96. The SMILES string of the molecule is COc1ccc(CC2N=C(Cl)N/C(=N/c3ncc(Cl)cc3C#C[Si](C)(C)C)C2=O)cc1. The van der Waals surface area contributed by atoms with Crippen LogP contribution in [0.15, 0.2) is 46.5 Å². The van der Waals surface area contributed by atoms with Crippen molar-refractivity contribution < 1.29 is 9.53 Å². The van der Waals surface area contributed by atoms with Crippen molar-refractivity contribution in [2.24, 2.45) is 9.98 Å². The summed E-state index contributed by atoms with van der Waals surface area (Å²) in [7, 11) is -0.0280. The largest absolute Gasteiger partial charge is 0.497 e. The highest BCUT2D eigenvalue weighted by molar-refractivity contribution is 6.83. The fraction of sp³-hybridized carbons (Fsp3) is 0.273. The number of halogens is 2. The first kappa shape index (κ1) is 23.0. The topological polar surface area (TPSA) is 75.9 Å². The van der Waals surface area contributed by atoms with Gasteiger partial charge in [0.25, 0.3) is 0 Å². The smallest absolute Gasteiger partial charge is 0.223 e. The average Bonchev–Trinajstić information content (AvgIpc) is 2.71. The number of ether oxygens (including phenoxy) is 1. The molecular weight excluding hydrogens is 451 g/mol. The molecule has 3 rings (SSSR count). The molecule has 1 aromatic carbocycles. The number of amidine groups is 2. The lowest BCUT2D eigenvalue weighted by Gasteiger charge is -2.19. The molecule has 0 bridgehead atoms. The first-order valence-corrected chi connectivity index (χ1v) is 13.8. The zero-order valence-electron chi connectivity index (χ0n) is 17.7. The predicted molar refractivity (Wildman–Crippen MR) is 128 cm³/mol. The number of carbonyl (C=O) groups excluding carboxylic acids is 1. The minimum atomic E-state index is -1.63. The van der Waals surface area contributed by atoms with Gasteiger partial charge >= 0.3 is 0 Å². The summed E-state index contributed by atoms with van der Waals surface area (Å²) < 4.78 is 5.17. The van der Waals surface area contributed by atoms with Crippen LogP contribution < -0.4 is 10.1 Å². The Labute approximate surface area is 192 Å². The van der Waals surface area contributed by atoms with Crippen molar-refractivity contribution in [1.29, 1.82) is 0 Å². The van der Waals surface area contributed by atoms with Crippen molar-refractivity contribution in [3.63, 3.8) is 0 Å². The van der Waals surface area contributed by atoms with Crippen molar-refractivity contribution >= 4 is 54.0 Å². The Morgan fingerprint density at radius 1 is 1.23 bits per heavy atom. The number of aromatic nitrogens is 1. The van der Waals surface area contributed by atoms with Gasteiger partial charge in [0.15, 0.2) is 16.9 Å². The van der Waals surface area contributed by atoms with Crippen LogP contribution in [0.1, 0.15) is 11.1 Å². The van der Waals surface area contributed by atoms with E-state index in [1.54, 1.807) is 13.2 Å². The Balaban J connectivity index is 1.91. The van der Waals surface area contributed by atoms with Crippen molar-refractivity contribution in [1.82, 2.24) is 10.3 Å². The lowest BCUT2D eigenvalue weighted by Crippen LogP contribution is -2.45. The molecule has 0 saturated heterocycles. The van der Waals surface area contributed by atoms with Crippen LogP contribution in [0.5, 0.6) is 5.75 Å². The molecule has 31 heavy (non-hydrogen) atoms. The van der Waals surface area contributed by atoms with Gasteiger partial charge in [0, 0.05) is 12.6 Å². The van der Waals surface area contributed by atoms with Gasteiger partial charge in [-0.05, 0) is 35.4 Å². The van der Waals surface area contributed by atoms with Crippen LogP contribution in [0.3, 0.4) is 0 Å². The van der Waals surface area contributed by atoms with E-state index in [0.717, 1.165) is 11.3 Å². The number of hydrogen-bond acceptors (Lipinski definition) is 5. The second-order valence-corrected chi connectivity index (χ2v) is 13.5. The first-order chi connectivity index (χ1) is 14.6. The third-order valence-electron chi connectivity index (χ3n) is 4.24. The Morgan fingerprint density at radius 2 is 1.94 bits per heavy atom. The third kappa shape index (κ3) is 6.41. The highest BCUT2D eigenvalue weighted by Crippen LogP contribution is 2.21. The molecule has 0 spiro atoms. The minimum Gasteiger partial charge on any atom is -0.497 e. The lowest BCUT2D eigenvalue weighted by molar-refractivity contribution is -0.114. The number of carbonyl (C=O) groups is 1. The summed E-state index contributed by atoms with van der Waals surface area (Å²) in [6, 6.07) is 8.45. The van der Waals surface area contributed by atoms with Crippen molar-refractivity contribution in [3.8, 4) is 17.2 Å². The molecule has 9 heteroatoms. The van der Waals surface area contributed by atoms with E-state index in [1.807, 2.05) is 24.3 Å². The molecule has 0 fully saturated rings. The first-order valence-electron chi connectivity index (χ1n) is 9.59. The fourth-order valence-electron chi connectivity index (χ4n) is 2.72. The van der Waals surface area contributed by atoms with Crippen LogP contribution in [0.25, 0.3) is 0 Å². The number of methoxy groups -OCH3 is 1. The Morgan fingerprint density at radius 3 is 2.58 bits per heavy atom. The van der Waals surface area contributed by atoms with Crippen LogP contribution in [0, 0.1) is 11.5 Å². The number of rotatable bonds is 4. The molecule has 1 unspecified atom stereocenters. The molecule has 160 valence electrons. The van der Waals surface area contributed by atoms with Gasteiger partial charge < -0.3 is 10.1 Å². The van der Waals surface area contributed by atoms with Gasteiger partial charge in [-0.1, -0.05) is 49.3 Å². The molecule has 1 atom stereocenters. The summed E-state index contributed by atoms with van der Waals surface area (Å²) >= 11 is 12.3. The summed E-state index contributed by atoms with van der Waals surface area (Å²) in [5, 5.41) is 3.29. The predicted octanol–water partition coefficient (Wildman–Crippen LogP) is 4.38. The number of ketones is 1. The maximum Gasteiger partial charge on any atom is 0.223 e. The maximum atomic E-state index is 13.0. The van der Waals surface area contributed by atoms with Crippen LogP contribution in [0.4, 0.5) is 5.82 Å². The van der Waals surface area contributed by atoms with Crippen LogP contribution in [-0.4, -0.2) is 43.1 Å². The van der Waals surface area contributed by atoms with Crippen LogP contribution >= 0.6 is 23.2 Å². The fourth-order valence-corrected chi connectivity index (χ4v) is 3.60. The zero-order valence-corrected chi connectivity index (χ0v) is 20.2. The molecule has 6 nitrogen and oxygen atoms in total. The summed E-state index contributed by atoms with van der Waals surface area (Å²) in [5.41, 5.74) is 4.76. The van der Waals surface area contributed by atoms with Gasteiger partial charge in [0.2, 0.25) is 5.78 Å². The minimum absolute atomic E-state index is 0.0735. The van der Waals surface area contributed by atoms with Gasteiger partial charge in [-0.2, -0.15) is 0 Å². The Kier molecular flexibility index (Phi) is 7.16. The van der Waals surface area contributed by atoms with Gasteiger partial charge in [-0.3, -0.25) is 4.79 Å². The van der Waals surface area contributed by atoms with Crippen molar-refractivity contribution in [2.75, 3.05) is 7.11 Å². The van der Waals surface area contributed by atoms with Gasteiger partial charge in [-0.15, -0.1) is 5.54 Å². The van der Waals surface area contributed by atoms with Crippen molar-refractivity contribution in [2.45, 2.75) is 32.1 Å².